The van der Waals surface area contributed by atoms with E-state index >= 15 is 0 Å². The van der Waals surface area contributed by atoms with E-state index in [4.69, 9.17) is 5.11 Å². The zero-order valence-corrected chi connectivity index (χ0v) is 10.4. The normalized spacial score (nSPS) is 12.2. The Balaban J connectivity index is 2.83. The zero-order chi connectivity index (χ0) is 14.5. The lowest BCUT2D eigenvalue weighted by molar-refractivity contribution is -0.131. The molecule has 1 aromatic carbocycles. The van der Waals surface area contributed by atoms with Gasteiger partial charge in [-0.15, -0.1) is 0 Å². The molecular formula is C11H11F2NO4S. The van der Waals surface area contributed by atoms with Crippen molar-refractivity contribution in [2.24, 2.45) is 0 Å². The van der Waals surface area contributed by atoms with Gasteiger partial charge in [-0.1, -0.05) is 12.1 Å². The highest BCUT2D eigenvalue weighted by atomic mass is 32.2. The first-order valence-corrected chi connectivity index (χ1v) is 6.58. The summed E-state index contributed by atoms with van der Waals surface area (Å²) < 4.78 is 48.7. The van der Waals surface area contributed by atoms with Crippen LogP contribution in [0.1, 0.15) is 5.56 Å². The SMILES string of the molecule is O=C(O)/C=C/c1ccc(S(=O)(=O)NCC(F)F)cc1. The van der Waals surface area contributed by atoms with Gasteiger partial charge in [0.2, 0.25) is 10.0 Å². The van der Waals surface area contributed by atoms with Gasteiger partial charge in [-0.25, -0.2) is 26.7 Å². The predicted octanol–water partition coefficient (Wildman–Crippen LogP) is 1.33. The van der Waals surface area contributed by atoms with Crippen LogP contribution in [0.25, 0.3) is 6.08 Å². The van der Waals surface area contributed by atoms with Crippen LogP contribution in [0.4, 0.5) is 8.78 Å². The molecule has 2 N–H and O–H groups in total. The molecule has 1 aromatic rings. The predicted molar refractivity (Wildman–Crippen MR) is 64.3 cm³/mol. The van der Waals surface area contributed by atoms with Crippen LogP contribution in [0, 0.1) is 0 Å². The summed E-state index contributed by atoms with van der Waals surface area (Å²) in [6.45, 7) is -0.955. The summed E-state index contributed by atoms with van der Waals surface area (Å²) in [5.41, 5.74) is 0.482. The summed E-state index contributed by atoms with van der Waals surface area (Å²) in [6, 6.07) is 5.15. The molecule has 1 rings (SSSR count). The van der Waals surface area contributed by atoms with Gasteiger partial charge in [0.1, 0.15) is 0 Å². The van der Waals surface area contributed by atoms with Crippen LogP contribution in [0.2, 0.25) is 0 Å². The Labute approximate surface area is 108 Å². The van der Waals surface area contributed by atoms with E-state index in [1.807, 2.05) is 0 Å². The molecule has 104 valence electrons. The number of aliphatic carboxylic acids is 1. The van der Waals surface area contributed by atoms with E-state index in [-0.39, 0.29) is 4.90 Å². The first-order valence-electron chi connectivity index (χ1n) is 5.10. The molecule has 0 aromatic heterocycles. The third-order valence-electron chi connectivity index (χ3n) is 2.04. The molecule has 0 radical (unpaired) electrons. The molecule has 0 fully saturated rings. The summed E-state index contributed by atoms with van der Waals surface area (Å²) in [5, 5.41) is 8.42. The van der Waals surface area contributed by atoms with Crippen molar-refractivity contribution >= 4 is 22.1 Å². The summed E-state index contributed by atoms with van der Waals surface area (Å²) >= 11 is 0. The molecule has 5 nitrogen and oxygen atoms in total. The number of benzene rings is 1. The maximum absolute atomic E-state index is 11.9. The second kappa shape index (κ2) is 6.39. The number of carbonyl (C=O) groups is 1. The fourth-order valence-corrected chi connectivity index (χ4v) is 2.19. The number of alkyl halides is 2. The van der Waals surface area contributed by atoms with Crippen molar-refractivity contribution in [3.05, 3.63) is 35.9 Å². The second-order valence-electron chi connectivity index (χ2n) is 3.48. The minimum Gasteiger partial charge on any atom is -0.478 e. The van der Waals surface area contributed by atoms with E-state index in [1.165, 1.54) is 30.3 Å². The van der Waals surface area contributed by atoms with E-state index < -0.39 is 29.0 Å². The molecule has 0 unspecified atom stereocenters. The molecular weight excluding hydrogens is 280 g/mol. The first kappa shape index (κ1) is 15.3. The minimum atomic E-state index is -3.97. The summed E-state index contributed by atoms with van der Waals surface area (Å²) in [4.78, 5) is 10.1. The Morgan fingerprint density at radius 2 is 1.89 bits per heavy atom. The third-order valence-corrected chi connectivity index (χ3v) is 3.48. The number of halogens is 2. The molecule has 0 spiro atoms. The molecule has 19 heavy (non-hydrogen) atoms. The molecule has 0 atom stereocenters. The van der Waals surface area contributed by atoms with Crippen LogP contribution in [-0.4, -0.2) is 32.5 Å². The Morgan fingerprint density at radius 3 is 2.37 bits per heavy atom. The van der Waals surface area contributed by atoms with Gasteiger partial charge in [0.25, 0.3) is 6.43 Å². The Kier molecular flexibility index (Phi) is 5.13. The molecule has 0 aliphatic carbocycles. The molecule has 0 aliphatic rings. The highest BCUT2D eigenvalue weighted by Crippen LogP contribution is 2.11. The minimum absolute atomic E-state index is 0.166. The van der Waals surface area contributed by atoms with Crippen LogP contribution in [0.3, 0.4) is 0 Å². The number of rotatable bonds is 6. The molecule has 0 bridgehead atoms. The van der Waals surface area contributed by atoms with Gasteiger partial charge in [0.05, 0.1) is 11.4 Å². The quantitative estimate of drug-likeness (QED) is 0.774. The highest BCUT2D eigenvalue weighted by molar-refractivity contribution is 7.89. The van der Waals surface area contributed by atoms with E-state index in [2.05, 4.69) is 0 Å². The molecule has 0 aliphatic heterocycles. The van der Waals surface area contributed by atoms with Gasteiger partial charge in [-0.2, -0.15) is 0 Å². The molecule has 0 saturated heterocycles. The van der Waals surface area contributed by atoms with Crippen molar-refractivity contribution in [3.63, 3.8) is 0 Å². The number of sulfonamides is 1. The summed E-state index contributed by atoms with van der Waals surface area (Å²) in [7, 11) is -3.97. The average Bonchev–Trinajstić information content (AvgIpc) is 2.34. The van der Waals surface area contributed by atoms with Gasteiger partial charge in [0.15, 0.2) is 0 Å². The van der Waals surface area contributed by atoms with Crippen LogP contribution >= 0.6 is 0 Å². The van der Waals surface area contributed by atoms with Crippen molar-refractivity contribution < 1.29 is 27.1 Å². The Morgan fingerprint density at radius 1 is 1.32 bits per heavy atom. The highest BCUT2D eigenvalue weighted by Gasteiger charge is 2.15. The Bertz CT molecular complexity index is 567. The molecule has 0 amide bonds. The Hall–Kier alpha value is -1.80. The number of carboxylic acid groups (broad SMARTS) is 1. The summed E-state index contributed by atoms with van der Waals surface area (Å²) in [6.07, 6.45) is -0.586. The van der Waals surface area contributed by atoms with Gasteiger partial charge >= 0.3 is 5.97 Å². The number of carboxylic acids is 1. The van der Waals surface area contributed by atoms with E-state index in [9.17, 15) is 22.0 Å². The standard InChI is InChI=1S/C11H11F2NO4S/c12-10(13)7-14-19(17,18)9-4-1-8(2-5-9)3-6-11(15)16/h1-6,10,14H,7H2,(H,15,16)/b6-3+. The lowest BCUT2D eigenvalue weighted by Crippen LogP contribution is -2.28. The number of hydrogen-bond donors (Lipinski definition) is 2. The topological polar surface area (TPSA) is 83.5 Å². The van der Waals surface area contributed by atoms with Crippen molar-refractivity contribution in [3.8, 4) is 0 Å². The van der Waals surface area contributed by atoms with Crippen LogP contribution in [0.15, 0.2) is 35.2 Å². The molecule has 8 heteroatoms. The van der Waals surface area contributed by atoms with Gasteiger partial charge < -0.3 is 5.11 Å². The molecule has 0 heterocycles. The van der Waals surface area contributed by atoms with Crippen molar-refractivity contribution in [2.45, 2.75) is 11.3 Å². The number of hydrogen-bond acceptors (Lipinski definition) is 3. The monoisotopic (exact) mass is 291 g/mol. The van der Waals surface area contributed by atoms with Crippen LogP contribution < -0.4 is 4.72 Å². The van der Waals surface area contributed by atoms with E-state index in [0.29, 0.717) is 5.56 Å². The third kappa shape index (κ3) is 5.14. The maximum atomic E-state index is 11.9. The van der Waals surface area contributed by atoms with E-state index in [0.717, 1.165) is 6.08 Å². The average molecular weight is 291 g/mol. The first-order chi connectivity index (χ1) is 8.81. The second-order valence-corrected chi connectivity index (χ2v) is 5.25. The van der Waals surface area contributed by atoms with Crippen LogP contribution in [0.5, 0.6) is 0 Å². The van der Waals surface area contributed by atoms with Crippen molar-refractivity contribution in [1.82, 2.24) is 4.72 Å². The lowest BCUT2D eigenvalue weighted by atomic mass is 10.2. The number of nitrogens with one attached hydrogen (secondary N) is 1. The summed E-state index contributed by atoms with van der Waals surface area (Å²) in [5.74, 6) is -1.13. The fourth-order valence-electron chi connectivity index (χ4n) is 1.18. The van der Waals surface area contributed by atoms with Gasteiger partial charge in [0, 0.05) is 6.08 Å². The maximum Gasteiger partial charge on any atom is 0.328 e. The molecule has 0 saturated carbocycles. The van der Waals surface area contributed by atoms with Crippen LogP contribution in [-0.2, 0) is 14.8 Å². The fraction of sp³-hybridized carbons (Fsp3) is 0.182. The van der Waals surface area contributed by atoms with Crippen molar-refractivity contribution in [2.75, 3.05) is 6.54 Å². The lowest BCUT2D eigenvalue weighted by Gasteiger charge is -2.06. The zero-order valence-electron chi connectivity index (χ0n) is 9.58. The smallest absolute Gasteiger partial charge is 0.328 e. The van der Waals surface area contributed by atoms with E-state index in [1.54, 1.807) is 4.72 Å². The van der Waals surface area contributed by atoms with Crippen molar-refractivity contribution in [1.29, 1.82) is 0 Å². The van der Waals surface area contributed by atoms with Gasteiger partial charge in [-0.3, -0.25) is 0 Å². The van der Waals surface area contributed by atoms with Gasteiger partial charge in [-0.05, 0) is 23.8 Å². The largest absolute Gasteiger partial charge is 0.478 e.